The number of aryl methyl sites for hydroxylation is 1. The van der Waals surface area contributed by atoms with Crippen LogP contribution in [-0.2, 0) is 4.79 Å². The second kappa shape index (κ2) is 11.0. The lowest BCUT2D eigenvalue weighted by atomic mass is 10.2. The molecule has 0 aliphatic carbocycles. The van der Waals surface area contributed by atoms with E-state index in [-0.39, 0.29) is 28.2 Å². The van der Waals surface area contributed by atoms with Crippen molar-refractivity contribution < 1.29 is 50.1 Å². The summed E-state index contributed by atoms with van der Waals surface area (Å²) < 4.78 is 94.6. The van der Waals surface area contributed by atoms with Gasteiger partial charge in [0.05, 0.1) is 12.0 Å². The fourth-order valence-corrected chi connectivity index (χ4v) is 3.48. The van der Waals surface area contributed by atoms with E-state index in [1.165, 1.54) is 25.1 Å². The van der Waals surface area contributed by atoms with Crippen LogP contribution in [-0.4, -0.2) is 18.7 Å². The average molecular weight is 550 g/mol. The summed E-state index contributed by atoms with van der Waals surface area (Å²) in [7, 11) is 0. The number of carbonyl (C=O) groups excluding carboxylic acids is 1. The van der Waals surface area contributed by atoms with Crippen LogP contribution in [0.15, 0.2) is 51.7 Å². The number of halogens is 5. The van der Waals surface area contributed by atoms with Gasteiger partial charge in [-0.3, -0.25) is 4.79 Å². The second-order valence-corrected chi connectivity index (χ2v) is 8.04. The van der Waals surface area contributed by atoms with Crippen molar-refractivity contribution >= 4 is 16.9 Å². The Balaban J connectivity index is 1.57. The molecule has 0 aliphatic heterocycles. The molecule has 4 rings (SSSR count). The molecule has 0 saturated heterocycles. The third kappa shape index (κ3) is 5.35. The molecule has 1 atom stereocenters. The second-order valence-electron chi connectivity index (χ2n) is 8.04. The number of carbonyl (C=O) groups is 1. The zero-order valence-corrected chi connectivity index (χ0v) is 20.6. The predicted molar refractivity (Wildman–Crippen MR) is 127 cm³/mol. The Morgan fingerprint density at radius 2 is 1.51 bits per heavy atom. The van der Waals surface area contributed by atoms with E-state index in [0.717, 1.165) is 6.92 Å². The van der Waals surface area contributed by atoms with Crippen LogP contribution in [0.1, 0.15) is 19.6 Å². The van der Waals surface area contributed by atoms with Gasteiger partial charge in [0.25, 0.3) is 0 Å². The monoisotopic (exact) mass is 550 g/mol. The lowest BCUT2D eigenvalue weighted by molar-refractivity contribution is -0.141. The zero-order chi connectivity index (χ0) is 28.4. The molecule has 0 bridgehead atoms. The van der Waals surface area contributed by atoms with Crippen molar-refractivity contribution in [1.29, 1.82) is 0 Å². The van der Waals surface area contributed by atoms with Crippen LogP contribution in [0, 0.1) is 36.0 Å². The van der Waals surface area contributed by atoms with Gasteiger partial charge >= 0.3 is 5.97 Å². The first-order valence-corrected chi connectivity index (χ1v) is 11.4. The van der Waals surface area contributed by atoms with Gasteiger partial charge in [-0.1, -0.05) is 12.1 Å². The van der Waals surface area contributed by atoms with E-state index < -0.39 is 52.3 Å². The summed E-state index contributed by atoms with van der Waals surface area (Å²) in [5.41, 5.74) is -0.512. The largest absolute Gasteiger partial charge is 0.490 e. The highest BCUT2D eigenvalue weighted by atomic mass is 19.2. The van der Waals surface area contributed by atoms with Crippen molar-refractivity contribution in [1.82, 2.24) is 0 Å². The molecule has 4 aromatic rings. The first-order valence-electron chi connectivity index (χ1n) is 11.4. The van der Waals surface area contributed by atoms with Gasteiger partial charge in [-0.15, -0.1) is 0 Å². The van der Waals surface area contributed by atoms with Crippen LogP contribution in [0.4, 0.5) is 22.0 Å². The van der Waals surface area contributed by atoms with Crippen LogP contribution in [0.5, 0.6) is 28.7 Å². The normalized spacial score (nSPS) is 11.8. The number of esters is 1. The van der Waals surface area contributed by atoms with Gasteiger partial charge in [0.2, 0.25) is 40.3 Å². The molecule has 0 spiro atoms. The quantitative estimate of drug-likeness (QED) is 0.0830. The minimum absolute atomic E-state index is 0.0154. The number of ether oxygens (including phenoxy) is 4. The van der Waals surface area contributed by atoms with Crippen molar-refractivity contribution in [3.63, 3.8) is 0 Å². The van der Waals surface area contributed by atoms with Crippen molar-refractivity contribution in [2.24, 2.45) is 0 Å². The van der Waals surface area contributed by atoms with Crippen molar-refractivity contribution in [2.45, 2.75) is 26.9 Å². The van der Waals surface area contributed by atoms with Crippen molar-refractivity contribution in [2.75, 3.05) is 6.61 Å². The highest BCUT2D eigenvalue weighted by Crippen LogP contribution is 2.33. The summed E-state index contributed by atoms with van der Waals surface area (Å²) in [5, 5.41) is 0.0787. The summed E-state index contributed by atoms with van der Waals surface area (Å²) in [6.07, 6.45) is -1.79. The van der Waals surface area contributed by atoms with Crippen LogP contribution in [0.3, 0.4) is 0 Å². The Hall–Kier alpha value is -4.61. The summed E-state index contributed by atoms with van der Waals surface area (Å²) in [6, 6.07) is 10.5. The van der Waals surface area contributed by atoms with E-state index in [4.69, 9.17) is 18.6 Å². The minimum atomic E-state index is -2.37. The summed E-state index contributed by atoms with van der Waals surface area (Å²) in [6.45, 7) is 4.63. The minimum Gasteiger partial charge on any atom is -0.490 e. The molecule has 39 heavy (non-hydrogen) atoms. The molecule has 0 fully saturated rings. The van der Waals surface area contributed by atoms with E-state index in [0.29, 0.717) is 18.1 Å². The molecule has 7 nitrogen and oxygen atoms in total. The van der Waals surface area contributed by atoms with Gasteiger partial charge in [0.1, 0.15) is 17.1 Å². The molecular weight excluding hydrogens is 531 g/mol. The smallest absolute Gasteiger partial charge is 0.352 e. The van der Waals surface area contributed by atoms with Crippen LogP contribution >= 0.6 is 0 Å². The summed E-state index contributed by atoms with van der Waals surface area (Å²) in [4.78, 5) is 25.5. The third-order valence-corrected chi connectivity index (χ3v) is 5.36. The van der Waals surface area contributed by atoms with Crippen LogP contribution < -0.4 is 24.4 Å². The van der Waals surface area contributed by atoms with E-state index in [2.05, 4.69) is 4.74 Å². The molecule has 204 valence electrons. The highest BCUT2D eigenvalue weighted by Gasteiger charge is 2.30. The first-order chi connectivity index (χ1) is 18.5. The van der Waals surface area contributed by atoms with Gasteiger partial charge in [-0.25, -0.2) is 18.0 Å². The van der Waals surface area contributed by atoms with E-state index in [1.807, 2.05) is 0 Å². The topological polar surface area (TPSA) is 84.2 Å². The Bertz CT molecular complexity index is 1600. The number of rotatable bonds is 8. The molecule has 1 aromatic heterocycles. The number of hydrogen-bond donors (Lipinski definition) is 0. The third-order valence-electron chi connectivity index (χ3n) is 5.36. The molecular formula is C27H19F5O7. The Labute approximate surface area is 217 Å². The maximum absolute atomic E-state index is 13.9. The van der Waals surface area contributed by atoms with Crippen molar-refractivity contribution in [3.8, 4) is 28.7 Å². The number of benzene rings is 3. The lowest BCUT2D eigenvalue weighted by Crippen LogP contribution is -2.29. The Morgan fingerprint density at radius 1 is 0.897 bits per heavy atom. The maximum Gasteiger partial charge on any atom is 0.352 e. The van der Waals surface area contributed by atoms with Crippen LogP contribution in [0.2, 0.25) is 0 Å². The SMILES string of the molecule is CCOc1ccccc1Oc1c(C)oc2cc(OC(=O)C(C)Oc3c(F)c(F)c(F)c(F)c3F)ccc2c1=O. The average Bonchev–Trinajstić information content (AvgIpc) is 2.92. The predicted octanol–water partition coefficient (Wildman–Crippen LogP) is 6.36. The first kappa shape index (κ1) is 27.4. The Morgan fingerprint density at radius 3 is 2.15 bits per heavy atom. The van der Waals surface area contributed by atoms with Gasteiger partial charge in [-0.05, 0) is 45.0 Å². The van der Waals surface area contributed by atoms with Gasteiger partial charge < -0.3 is 23.4 Å². The number of para-hydroxylation sites is 2. The fourth-order valence-electron chi connectivity index (χ4n) is 3.48. The molecule has 3 aromatic carbocycles. The molecule has 12 heteroatoms. The molecule has 0 N–H and O–H groups in total. The number of fused-ring (bicyclic) bond motifs is 1. The summed E-state index contributed by atoms with van der Waals surface area (Å²) >= 11 is 0. The Kier molecular flexibility index (Phi) is 7.75. The fraction of sp³-hybridized carbons (Fsp3) is 0.185. The molecule has 0 aliphatic rings. The molecule has 1 heterocycles. The lowest BCUT2D eigenvalue weighted by Gasteiger charge is -2.16. The summed E-state index contributed by atoms with van der Waals surface area (Å²) in [5.74, 6) is -13.6. The number of hydrogen-bond acceptors (Lipinski definition) is 7. The zero-order valence-electron chi connectivity index (χ0n) is 20.6. The molecule has 0 saturated carbocycles. The van der Waals surface area contributed by atoms with Crippen molar-refractivity contribution in [3.05, 3.63) is 87.5 Å². The molecule has 0 radical (unpaired) electrons. The van der Waals surface area contributed by atoms with Gasteiger partial charge in [0, 0.05) is 6.07 Å². The highest BCUT2D eigenvalue weighted by molar-refractivity contribution is 5.82. The van der Waals surface area contributed by atoms with Crippen LogP contribution in [0.25, 0.3) is 11.0 Å². The molecule has 1 unspecified atom stereocenters. The van der Waals surface area contributed by atoms with E-state index in [9.17, 15) is 31.5 Å². The van der Waals surface area contributed by atoms with E-state index >= 15 is 0 Å². The molecule has 0 amide bonds. The van der Waals surface area contributed by atoms with E-state index in [1.54, 1.807) is 31.2 Å². The van der Waals surface area contributed by atoms with Gasteiger partial charge in [0.15, 0.2) is 23.4 Å². The maximum atomic E-state index is 13.9. The van der Waals surface area contributed by atoms with Gasteiger partial charge in [-0.2, -0.15) is 8.78 Å². The standard InChI is InChI=1S/C27H19F5O7/c1-4-35-16-7-5-6-8-17(16)39-25-12(2)36-18-11-14(9-10-15(18)24(25)33)38-27(34)13(3)37-26-22(31)20(29)19(28)21(30)23(26)32/h5-11,13H,4H2,1-3H3.